The van der Waals surface area contributed by atoms with Crippen molar-refractivity contribution in [2.75, 3.05) is 20.2 Å². The quantitative estimate of drug-likeness (QED) is 0.782. The minimum absolute atomic E-state index is 0.0187. The molecule has 0 atom stereocenters. The molecule has 1 rings (SSSR count). The van der Waals surface area contributed by atoms with E-state index in [-0.39, 0.29) is 5.91 Å². The van der Waals surface area contributed by atoms with Gasteiger partial charge in [-0.2, -0.15) is 0 Å². The molecular formula is C12H17BrN2O2. The Kier molecular flexibility index (Phi) is 6.00. The maximum absolute atomic E-state index is 11.6. The van der Waals surface area contributed by atoms with Crippen LogP contribution >= 0.6 is 15.9 Å². The van der Waals surface area contributed by atoms with Crippen LogP contribution in [-0.4, -0.2) is 26.1 Å². The molecule has 1 amide bonds. The summed E-state index contributed by atoms with van der Waals surface area (Å²) in [5.74, 6) is 0.706. The Morgan fingerprint density at radius 2 is 2.29 bits per heavy atom. The summed E-state index contributed by atoms with van der Waals surface area (Å²) in [7, 11) is 1.60. The topological polar surface area (TPSA) is 64.3 Å². The minimum Gasteiger partial charge on any atom is -0.496 e. The normalized spacial score (nSPS) is 10.1. The number of carbonyl (C=O) groups excluding carboxylic acids is 1. The molecule has 5 heteroatoms. The Hall–Kier alpha value is -1.07. The molecule has 0 fully saturated rings. The largest absolute Gasteiger partial charge is 0.496 e. The minimum atomic E-state index is -0.0187. The summed E-state index contributed by atoms with van der Waals surface area (Å²) >= 11 is 3.38. The van der Waals surface area contributed by atoms with Gasteiger partial charge in [-0.25, -0.2) is 0 Å². The molecule has 0 aliphatic carbocycles. The van der Waals surface area contributed by atoms with Gasteiger partial charge in [-0.05, 0) is 31.2 Å². The van der Waals surface area contributed by atoms with Crippen LogP contribution < -0.4 is 15.8 Å². The van der Waals surface area contributed by atoms with E-state index in [1.807, 2.05) is 18.2 Å². The first-order valence-corrected chi connectivity index (χ1v) is 6.26. The van der Waals surface area contributed by atoms with Crippen LogP contribution in [0.25, 0.3) is 0 Å². The average molecular weight is 301 g/mol. The molecule has 0 saturated heterocycles. The highest BCUT2D eigenvalue weighted by molar-refractivity contribution is 9.10. The standard InChI is InChI=1S/C12H17BrN2O2/c1-17-11-4-3-10(13)7-9(11)8-12(16)15-6-2-5-14/h3-4,7H,2,5-6,8,14H2,1H3,(H,15,16). The van der Waals surface area contributed by atoms with Crippen molar-refractivity contribution in [3.8, 4) is 5.75 Å². The van der Waals surface area contributed by atoms with Gasteiger partial charge >= 0.3 is 0 Å². The summed E-state index contributed by atoms with van der Waals surface area (Å²) in [6, 6.07) is 5.61. The lowest BCUT2D eigenvalue weighted by Crippen LogP contribution is -2.27. The lowest BCUT2D eigenvalue weighted by atomic mass is 10.1. The molecule has 1 aromatic rings. The fourth-order valence-electron chi connectivity index (χ4n) is 1.45. The zero-order valence-corrected chi connectivity index (χ0v) is 11.4. The number of ether oxygens (including phenoxy) is 1. The van der Waals surface area contributed by atoms with E-state index < -0.39 is 0 Å². The van der Waals surface area contributed by atoms with Gasteiger partial charge in [0, 0.05) is 16.6 Å². The van der Waals surface area contributed by atoms with Gasteiger partial charge in [-0.1, -0.05) is 15.9 Å². The molecule has 0 aliphatic heterocycles. The first-order chi connectivity index (χ1) is 8.17. The molecule has 94 valence electrons. The van der Waals surface area contributed by atoms with E-state index >= 15 is 0 Å². The third kappa shape index (κ3) is 4.75. The van der Waals surface area contributed by atoms with Crippen LogP contribution in [0.3, 0.4) is 0 Å². The fourth-order valence-corrected chi connectivity index (χ4v) is 1.86. The SMILES string of the molecule is COc1ccc(Br)cc1CC(=O)NCCCN. The summed E-state index contributed by atoms with van der Waals surface area (Å²) in [6.45, 7) is 1.20. The van der Waals surface area contributed by atoms with Crippen LogP contribution in [-0.2, 0) is 11.2 Å². The summed E-state index contributed by atoms with van der Waals surface area (Å²) in [5.41, 5.74) is 6.22. The number of hydrogen-bond acceptors (Lipinski definition) is 3. The van der Waals surface area contributed by atoms with Gasteiger partial charge < -0.3 is 15.8 Å². The van der Waals surface area contributed by atoms with Crippen molar-refractivity contribution in [3.63, 3.8) is 0 Å². The molecule has 0 heterocycles. The number of methoxy groups -OCH3 is 1. The van der Waals surface area contributed by atoms with Gasteiger partial charge in [0.25, 0.3) is 0 Å². The number of nitrogens with two attached hydrogens (primary N) is 1. The maximum Gasteiger partial charge on any atom is 0.224 e. The van der Waals surface area contributed by atoms with Crippen molar-refractivity contribution in [3.05, 3.63) is 28.2 Å². The molecular weight excluding hydrogens is 284 g/mol. The zero-order valence-electron chi connectivity index (χ0n) is 9.83. The van der Waals surface area contributed by atoms with E-state index in [2.05, 4.69) is 21.2 Å². The zero-order chi connectivity index (χ0) is 12.7. The summed E-state index contributed by atoms with van der Waals surface area (Å²) < 4.78 is 6.14. The van der Waals surface area contributed by atoms with E-state index in [0.29, 0.717) is 19.5 Å². The highest BCUT2D eigenvalue weighted by Gasteiger charge is 2.08. The number of halogens is 1. The molecule has 0 bridgehead atoms. The smallest absolute Gasteiger partial charge is 0.224 e. The summed E-state index contributed by atoms with van der Waals surface area (Å²) in [6.07, 6.45) is 1.11. The van der Waals surface area contributed by atoms with Gasteiger partial charge in [0.05, 0.1) is 13.5 Å². The fraction of sp³-hybridized carbons (Fsp3) is 0.417. The third-order valence-corrected chi connectivity index (χ3v) is 2.79. The van der Waals surface area contributed by atoms with Crippen molar-refractivity contribution in [1.29, 1.82) is 0 Å². The van der Waals surface area contributed by atoms with Crippen LogP contribution in [0.4, 0.5) is 0 Å². The molecule has 0 aliphatic rings. The predicted molar refractivity (Wildman–Crippen MR) is 71.1 cm³/mol. The molecule has 1 aromatic carbocycles. The highest BCUT2D eigenvalue weighted by atomic mass is 79.9. The monoisotopic (exact) mass is 300 g/mol. The molecule has 0 spiro atoms. The molecule has 0 aromatic heterocycles. The first-order valence-electron chi connectivity index (χ1n) is 5.46. The van der Waals surface area contributed by atoms with Gasteiger partial charge in [-0.3, -0.25) is 4.79 Å². The van der Waals surface area contributed by atoms with Crippen molar-refractivity contribution < 1.29 is 9.53 Å². The Morgan fingerprint density at radius 1 is 1.53 bits per heavy atom. The number of carbonyl (C=O) groups is 1. The molecule has 0 radical (unpaired) electrons. The van der Waals surface area contributed by atoms with E-state index in [1.165, 1.54) is 0 Å². The van der Waals surface area contributed by atoms with Gasteiger partial charge in [-0.15, -0.1) is 0 Å². The van der Waals surface area contributed by atoms with E-state index in [0.717, 1.165) is 22.2 Å². The van der Waals surface area contributed by atoms with E-state index in [1.54, 1.807) is 7.11 Å². The maximum atomic E-state index is 11.6. The highest BCUT2D eigenvalue weighted by Crippen LogP contribution is 2.23. The van der Waals surface area contributed by atoms with Gasteiger partial charge in [0.2, 0.25) is 5.91 Å². The molecule has 4 nitrogen and oxygen atoms in total. The second-order valence-corrected chi connectivity index (χ2v) is 4.54. The number of amides is 1. The average Bonchev–Trinajstić information content (AvgIpc) is 2.29. The Balaban J connectivity index is 2.60. The summed E-state index contributed by atoms with van der Waals surface area (Å²) in [5, 5.41) is 2.81. The number of rotatable bonds is 6. The lowest BCUT2D eigenvalue weighted by molar-refractivity contribution is -0.120. The second-order valence-electron chi connectivity index (χ2n) is 3.63. The van der Waals surface area contributed by atoms with E-state index in [9.17, 15) is 4.79 Å². The Labute approximate surface area is 110 Å². The van der Waals surface area contributed by atoms with E-state index in [4.69, 9.17) is 10.5 Å². The Bertz CT molecular complexity index is 383. The Morgan fingerprint density at radius 3 is 2.94 bits per heavy atom. The number of hydrogen-bond donors (Lipinski definition) is 2. The summed E-state index contributed by atoms with van der Waals surface area (Å²) in [4.78, 5) is 11.6. The molecule has 0 saturated carbocycles. The first kappa shape index (κ1) is 14.0. The third-order valence-electron chi connectivity index (χ3n) is 2.30. The second kappa shape index (κ2) is 7.29. The molecule has 17 heavy (non-hydrogen) atoms. The predicted octanol–water partition coefficient (Wildman–Crippen LogP) is 1.47. The van der Waals surface area contributed by atoms with Crippen molar-refractivity contribution >= 4 is 21.8 Å². The van der Waals surface area contributed by atoms with Crippen LogP contribution in [0.5, 0.6) is 5.75 Å². The number of nitrogens with one attached hydrogen (secondary N) is 1. The van der Waals surface area contributed by atoms with Gasteiger partial charge in [0.15, 0.2) is 0 Å². The van der Waals surface area contributed by atoms with Crippen molar-refractivity contribution in [1.82, 2.24) is 5.32 Å². The molecule has 0 unspecified atom stereocenters. The number of benzene rings is 1. The van der Waals surface area contributed by atoms with Crippen LogP contribution in [0.1, 0.15) is 12.0 Å². The van der Waals surface area contributed by atoms with Crippen LogP contribution in [0, 0.1) is 0 Å². The van der Waals surface area contributed by atoms with Crippen molar-refractivity contribution in [2.45, 2.75) is 12.8 Å². The van der Waals surface area contributed by atoms with Crippen LogP contribution in [0.2, 0.25) is 0 Å². The lowest BCUT2D eigenvalue weighted by Gasteiger charge is -2.09. The van der Waals surface area contributed by atoms with Crippen LogP contribution in [0.15, 0.2) is 22.7 Å². The van der Waals surface area contributed by atoms with Gasteiger partial charge in [0.1, 0.15) is 5.75 Å². The van der Waals surface area contributed by atoms with Crippen molar-refractivity contribution in [2.24, 2.45) is 5.73 Å². The molecule has 3 N–H and O–H groups in total.